The molecule has 8 heteroatoms. The van der Waals surface area contributed by atoms with Gasteiger partial charge in [-0.2, -0.15) is 5.10 Å². The molecule has 1 fully saturated rings. The van der Waals surface area contributed by atoms with E-state index in [-0.39, 0.29) is 17.8 Å². The van der Waals surface area contributed by atoms with Crippen molar-refractivity contribution in [2.75, 3.05) is 33.4 Å². The van der Waals surface area contributed by atoms with Crippen LogP contribution in [-0.2, 0) is 29.2 Å². The second-order valence-electron chi connectivity index (χ2n) is 9.50. The van der Waals surface area contributed by atoms with Gasteiger partial charge in [-0.1, -0.05) is 36.4 Å². The fraction of sp³-hybridized carbons (Fsp3) is 0.393. The Bertz CT molecular complexity index is 1200. The molecule has 1 aromatic heterocycles. The van der Waals surface area contributed by atoms with Gasteiger partial charge in [0.2, 0.25) is 0 Å². The fourth-order valence-corrected chi connectivity index (χ4v) is 4.98. The summed E-state index contributed by atoms with van der Waals surface area (Å²) in [5.41, 5.74) is 3.91. The molecule has 2 aliphatic rings. The van der Waals surface area contributed by atoms with Crippen LogP contribution in [0.1, 0.15) is 39.9 Å². The van der Waals surface area contributed by atoms with Gasteiger partial charge >= 0.3 is 5.97 Å². The van der Waals surface area contributed by atoms with Gasteiger partial charge in [-0.3, -0.25) is 19.2 Å². The van der Waals surface area contributed by atoms with Crippen LogP contribution in [-0.4, -0.2) is 64.8 Å². The van der Waals surface area contributed by atoms with Gasteiger partial charge in [-0.05, 0) is 49.2 Å². The number of carbonyl (C=O) groups is 2. The van der Waals surface area contributed by atoms with E-state index in [0.29, 0.717) is 31.8 Å². The van der Waals surface area contributed by atoms with E-state index >= 15 is 0 Å². The highest BCUT2D eigenvalue weighted by Crippen LogP contribution is 2.27. The number of methoxy groups -OCH3 is 1. The Kier molecular flexibility index (Phi) is 7.32. The first-order valence-electron chi connectivity index (χ1n) is 12.5. The van der Waals surface area contributed by atoms with Crippen LogP contribution in [0.3, 0.4) is 0 Å². The van der Waals surface area contributed by atoms with Gasteiger partial charge in [0.1, 0.15) is 12.4 Å². The number of fused-ring (bicyclic) bond motifs is 1. The van der Waals surface area contributed by atoms with Crippen LogP contribution in [0.25, 0.3) is 0 Å². The van der Waals surface area contributed by atoms with Gasteiger partial charge in [0, 0.05) is 24.8 Å². The van der Waals surface area contributed by atoms with Crippen LogP contribution in [0.15, 0.2) is 60.9 Å². The summed E-state index contributed by atoms with van der Waals surface area (Å²) in [7, 11) is 1.46. The van der Waals surface area contributed by atoms with Crippen molar-refractivity contribution in [2.24, 2.45) is 5.92 Å². The SMILES string of the molecule is COC(=O)C1CCN(Cc2ccc3c(c2)CN(C(=O)c2cnn(Cc4ccccc4)c2)CCO3)CC1. The molecule has 3 aromatic rings. The highest BCUT2D eigenvalue weighted by molar-refractivity contribution is 5.93. The standard InChI is InChI=1S/C28H32N4O4/c1-35-28(34)23-9-11-30(12-10-23)17-22-7-8-26-24(15-22)19-31(13-14-36-26)27(33)25-16-29-32(20-25)18-21-5-3-2-4-6-21/h2-8,15-16,20,23H,9-14,17-19H2,1H3. The summed E-state index contributed by atoms with van der Waals surface area (Å²) >= 11 is 0. The van der Waals surface area contributed by atoms with Crippen molar-refractivity contribution < 1.29 is 19.1 Å². The molecule has 0 atom stereocenters. The Hall–Kier alpha value is -3.65. The number of carbonyl (C=O) groups excluding carboxylic acids is 2. The number of nitrogens with zero attached hydrogens (tertiary/aromatic N) is 4. The van der Waals surface area contributed by atoms with Crippen molar-refractivity contribution >= 4 is 11.9 Å². The third-order valence-electron chi connectivity index (χ3n) is 6.99. The van der Waals surface area contributed by atoms with Gasteiger partial charge in [0.15, 0.2) is 0 Å². The average molecular weight is 489 g/mol. The van der Waals surface area contributed by atoms with E-state index < -0.39 is 0 Å². The molecule has 8 nitrogen and oxygen atoms in total. The summed E-state index contributed by atoms with van der Waals surface area (Å²) in [5.74, 6) is 0.690. The van der Waals surface area contributed by atoms with Crippen molar-refractivity contribution in [3.8, 4) is 5.75 Å². The quantitative estimate of drug-likeness (QED) is 0.496. The maximum Gasteiger partial charge on any atom is 0.308 e. The minimum Gasteiger partial charge on any atom is -0.491 e. The van der Waals surface area contributed by atoms with Crippen LogP contribution in [0.2, 0.25) is 0 Å². The lowest BCUT2D eigenvalue weighted by atomic mass is 9.96. The zero-order valence-corrected chi connectivity index (χ0v) is 20.6. The van der Waals surface area contributed by atoms with Crippen molar-refractivity contribution in [3.63, 3.8) is 0 Å². The Labute approximate surface area is 211 Å². The number of hydrogen-bond donors (Lipinski definition) is 0. The van der Waals surface area contributed by atoms with Gasteiger partial charge in [-0.25, -0.2) is 0 Å². The number of amides is 1. The fourth-order valence-electron chi connectivity index (χ4n) is 4.98. The highest BCUT2D eigenvalue weighted by atomic mass is 16.5. The molecule has 0 spiro atoms. The molecular formula is C28H32N4O4. The Morgan fingerprint density at radius 3 is 2.61 bits per heavy atom. The smallest absolute Gasteiger partial charge is 0.308 e. The largest absolute Gasteiger partial charge is 0.491 e. The number of ether oxygens (including phenoxy) is 2. The first kappa shape index (κ1) is 24.1. The molecule has 188 valence electrons. The molecule has 36 heavy (non-hydrogen) atoms. The van der Waals surface area contributed by atoms with E-state index in [9.17, 15) is 9.59 Å². The number of rotatable bonds is 6. The summed E-state index contributed by atoms with van der Waals surface area (Å²) < 4.78 is 12.7. The second-order valence-corrected chi connectivity index (χ2v) is 9.50. The molecule has 0 N–H and O–H groups in total. The summed E-state index contributed by atoms with van der Waals surface area (Å²) in [5, 5.41) is 4.40. The van der Waals surface area contributed by atoms with Crippen molar-refractivity contribution in [1.82, 2.24) is 19.6 Å². The minimum absolute atomic E-state index is 0.00307. The summed E-state index contributed by atoms with van der Waals surface area (Å²) in [6, 6.07) is 16.3. The van der Waals surface area contributed by atoms with Crippen molar-refractivity contribution in [2.45, 2.75) is 32.5 Å². The van der Waals surface area contributed by atoms with E-state index in [1.807, 2.05) is 47.5 Å². The summed E-state index contributed by atoms with van der Waals surface area (Å²) in [6.07, 6.45) is 5.10. The molecule has 5 rings (SSSR count). The molecular weight excluding hydrogens is 456 g/mol. The molecule has 1 amide bonds. The van der Waals surface area contributed by atoms with Crippen LogP contribution in [0.4, 0.5) is 0 Å². The lowest BCUT2D eigenvalue weighted by molar-refractivity contribution is -0.147. The number of piperidine rings is 1. The lowest BCUT2D eigenvalue weighted by Crippen LogP contribution is -2.36. The van der Waals surface area contributed by atoms with Crippen LogP contribution in [0.5, 0.6) is 5.75 Å². The van der Waals surface area contributed by atoms with Crippen molar-refractivity contribution in [3.05, 3.63) is 83.2 Å². The van der Waals surface area contributed by atoms with E-state index in [1.54, 1.807) is 10.9 Å². The first-order valence-corrected chi connectivity index (χ1v) is 12.5. The molecule has 3 heterocycles. The highest BCUT2D eigenvalue weighted by Gasteiger charge is 2.26. The van der Waals surface area contributed by atoms with E-state index in [4.69, 9.17) is 9.47 Å². The molecule has 2 aromatic carbocycles. The monoisotopic (exact) mass is 488 g/mol. The average Bonchev–Trinajstić information content (AvgIpc) is 3.27. The van der Waals surface area contributed by atoms with Crippen LogP contribution < -0.4 is 4.74 Å². The molecule has 0 unspecified atom stereocenters. The van der Waals surface area contributed by atoms with Gasteiger partial charge in [-0.15, -0.1) is 0 Å². The number of esters is 1. The Balaban J connectivity index is 1.23. The van der Waals surface area contributed by atoms with Gasteiger partial charge < -0.3 is 14.4 Å². The predicted molar refractivity (Wildman–Crippen MR) is 134 cm³/mol. The maximum atomic E-state index is 13.3. The second kappa shape index (κ2) is 11.0. The molecule has 1 saturated heterocycles. The summed E-state index contributed by atoms with van der Waals surface area (Å²) in [6.45, 7) is 4.64. The zero-order chi connectivity index (χ0) is 24.9. The normalized spacial score (nSPS) is 16.6. The number of likely N-dealkylation sites (tertiary alicyclic amines) is 1. The predicted octanol–water partition coefficient (Wildman–Crippen LogP) is 3.35. The van der Waals surface area contributed by atoms with Crippen LogP contribution >= 0.6 is 0 Å². The van der Waals surface area contributed by atoms with E-state index in [2.05, 4.69) is 22.1 Å². The van der Waals surface area contributed by atoms with Gasteiger partial charge in [0.25, 0.3) is 5.91 Å². The summed E-state index contributed by atoms with van der Waals surface area (Å²) in [4.78, 5) is 29.3. The zero-order valence-electron chi connectivity index (χ0n) is 20.6. The topological polar surface area (TPSA) is 76.9 Å². The lowest BCUT2D eigenvalue weighted by Gasteiger charge is -2.30. The molecule has 0 bridgehead atoms. The third-order valence-corrected chi connectivity index (χ3v) is 6.99. The molecule has 2 aliphatic heterocycles. The van der Waals surface area contributed by atoms with Crippen LogP contribution in [0, 0.1) is 5.92 Å². The molecule has 0 saturated carbocycles. The Morgan fingerprint density at radius 2 is 1.83 bits per heavy atom. The van der Waals surface area contributed by atoms with E-state index in [0.717, 1.165) is 49.4 Å². The number of hydrogen-bond acceptors (Lipinski definition) is 6. The number of aromatic nitrogens is 2. The maximum absolute atomic E-state index is 13.3. The minimum atomic E-state index is -0.104. The van der Waals surface area contributed by atoms with Crippen molar-refractivity contribution in [1.29, 1.82) is 0 Å². The first-order chi connectivity index (χ1) is 17.6. The number of benzene rings is 2. The third kappa shape index (κ3) is 5.60. The molecule has 0 aliphatic carbocycles. The van der Waals surface area contributed by atoms with Gasteiger partial charge in [0.05, 0.1) is 37.9 Å². The Morgan fingerprint density at radius 1 is 1.03 bits per heavy atom. The molecule has 0 radical (unpaired) electrons. The van der Waals surface area contributed by atoms with E-state index in [1.165, 1.54) is 12.7 Å².